The van der Waals surface area contributed by atoms with Gasteiger partial charge in [0.05, 0.1) is 0 Å². The van der Waals surface area contributed by atoms with Crippen LogP contribution in [0.25, 0.3) is 0 Å². The minimum Gasteiger partial charge on any atom is -0.267 e. The molecule has 17 heavy (non-hydrogen) atoms. The number of hydrogen-bond acceptors (Lipinski definition) is 6. The van der Waals surface area contributed by atoms with Gasteiger partial charge >= 0.3 is 11.1 Å². The lowest BCUT2D eigenvalue weighted by atomic mass is 9.80. The van der Waals surface area contributed by atoms with Crippen molar-refractivity contribution >= 4 is 5.97 Å². The van der Waals surface area contributed by atoms with E-state index in [9.17, 15) is 25.0 Å². The molecule has 0 saturated carbocycles. The third-order valence-corrected chi connectivity index (χ3v) is 2.29. The van der Waals surface area contributed by atoms with Gasteiger partial charge in [0.15, 0.2) is 0 Å². The maximum Gasteiger partial charge on any atom is 0.316 e. The average Bonchev–Trinajstić information content (AvgIpc) is 2.16. The van der Waals surface area contributed by atoms with E-state index in [4.69, 9.17) is 0 Å². The fourth-order valence-corrected chi connectivity index (χ4v) is 1.66. The van der Waals surface area contributed by atoms with Gasteiger partial charge in [-0.25, -0.2) is 4.84 Å². The van der Waals surface area contributed by atoms with Crippen LogP contribution < -0.4 is 0 Å². The van der Waals surface area contributed by atoms with Crippen LogP contribution in [0.15, 0.2) is 12.7 Å². The van der Waals surface area contributed by atoms with Gasteiger partial charge in [0.25, 0.3) is 0 Å². The van der Waals surface area contributed by atoms with Gasteiger partial charge < -0.3 is 0 Å². The van der Waals surface area contributed by atoms with Crippen LogP contribution in [-0.4, -0.2) is 22.5 Å². The van der Waals surface area contributed by atoms with Crippen LogP contribution in [0.1, 0.15) is 26.2 Å². The summed E-state index contributed by atoms with van der Waals surface area (Å²) in [5, 5.41) is 19.4. The largest absolute Gasteiger partial charge is 0.316 e. The summed E-state index contributed by atoms with van der Waals surface area (Å²) < 4.78 is 0. The first-order chi connectivity index (χ1) is 7.88. The smallest absolute Gasteiger partial charge is 0.267 e. The van der Waals surface area contributed by atoms with Crippen LogP contribution in [0, 0.1) is 25.6 Å². The number of nitro groups is 1. The molecule has 0 fully saturated rings. The fourth-order valence-electron chi connectivity index (χ4n) is 1.66. The van der Waals surface area contributed by atoms with Crippen LogP contribution in [0.2, 0.25) is 0 Å². The first kappa shape index (κ1) is 15.0. The molecule has 0 aliphatic carbocycles. The highest BCUT2D eigenvalue weighted by Gasteiger charge is 2.43. The molecule has 0 N–H and O–H groups in total. The molecule has 0 aromatic carbocycles. The fraction of sp³-hybridized carbons (Fsp3) is 0.667. The number of hydrogen-bond donors (Lipinski definition) is 0. The van der Waals surface area contributed by atoms with Crippen LogP contribution in [-0.2, 0) is 9.63 Å². The Labute approximate surface area is 97.5 Å². The lowest BCUT2D eigenvalue weighted by Gasteiger charge is -2.24. The Morgan fingerprint density at radius 1 is 1.47 bits per heavy atom. The Morgan fingerprint density at radius 2 is 2.06 bits per heavy atom. The van der Waals surface area contributed by atoms with Gasteiger partial charge in [-0.3, -0.25) is 14.9 Å². The van der Waals surface area contributed by atoms with Crippen LogP contribution in [0.3, 0.4) is 0 Å². The van der Waals surface area contributed by atoms with E-state index in [2.05, 4.69) is 11.4 Å². The predicted molar refractivity (Wildman–Crippen MR) is 57.1 cm³/mol. The third kappa shape index (κ3) is 4.58. The Balaban J connectivity index is 5.11. The van der Waals surface area contributed by atoms with Crippen molar-refractivity contribution in [2.75, 3.05) is 6.54 Å². The van der Waals surface area contributed by atoms with Crippen molar-refractivity contribution in [2.45, 2.75) is 26.2 Å². The predicted octanol–water partition coefficient (Wildman–Crippen LogP) is 1.36. The second-order valence-electron chi connectivity index (χ2n) is 3.62. The summed E-state index contributed by atoms with van der Waals surface area (Å²) in [7, 11) is 0. The van der Waals surface area contributed by atoms with Gasteiger partial charge in [-0.1, -0.05) is 19.4 Å². The van der Waals surface area contributed by atoms with Crippen molar-refractivity contribution < 1.29 is 19.6 Å². The second kappa shape index (κ2) is 6.56. The highest BCUT2D eigenvalue weighted by atomic mass is 17.0. The number of nitrogens with zero attached hydrogens (tertiary/aromatic N) is 2. The van der Waals surface area contributed by atoms with Crippen LogP contribution in [0.5, 0.6) is 0 Å². The highest BCUT2D eigenvalue weighted by Crippen LogP contribution is 2.31. The van der Waals surface area contributed by atoms with Gasteiger partial charge in [0.1, 0.15) is 5.41 Å². The SMILES string of the molecule is C=CCC(CCC)(C[N+](=O)[O-])C(=O)O[N+](=O)[O-]. The van der Waals surface area contributed by atoms with E-state index in [1.807, 2.05) is 0 Å². The van der Waals surface area contributed by atoms with Gasteiger partial charge in [-0.2, -0.15) is 0 Å². The molecular formula is C9H14N2O6. The summed E-state index contributed by atoms with van der Waals surface area (Å²) >= 11 is 0. The van der Waals surface area contributed by atoms with Crippen molar-refractivity contribution in [3.8, 4) is 0 Å². The molecule has 1 atom stereocenters. The van der Waals surface area contributed by atoms with E-state index in [-0.39, 0.29) is 12.8 Å². The minimum absolute atomic E-state index is 0.0332. The molecule has 0 heterocycles. The number of carbonyl (C=O) groups excluding carboxylic acids is 1. The lowest BCUT2D eigenvalue weighted by Crippen LogP contribution is -2.40. The topological polar surface area (TPSA) is 113 Å². The summed E-state index contributed by atoms with van der Waals surface area (Å²) in [5.74, 6) is -1.19. The molecule has 8 heteroatoms. The Hall–Kier alpha value is -1.99. The third-order valence-electron chi connectivity index (χ3n) is 2.29. The van der Waals surface area contributed by atoms with Gasteiger partial charge in [-0.05, 0) is 12.8 Å². The Bertz CT molecular complexity index is 329. The van der Waals surface area contributed by atoms with Crippen LogP contribution >= 0.6 is 0 Å². The molecule has 96 valence electrons. The van der Waals surface area contributed by atoms with Gasteiger partial charge in [-0.15, -0.1) is 16.7 Å². The summed E-state index contributed by atoms with van der Waals surface area (Å²) in [6, 6.07) is 0. The van der Waals surface area contributed by atoms with E-state index in [1.165, 1.54) is 6.08 Å². The average molecular weight is 246 g/mol. The van der Waals surface area contributed by atoms with Crippen molar-refractivity contribution in [1.82, 2.24) is 0 Å². The van der Waals surface area contributed by atoms with E-state index in [0.717, 1.165) is 0 Å². The molecule has 0 aliphatic rings. The highest BCUT2D eigenvalue weighted by molar-refractivity contribution is 5.76. The quantitative estimate of drug-likeness (QED) is 0.363. The lowest BCUT2D eigenvalue weighted by molar-refractivity contribution is -0.731. The zero-order valence-corrected chi connectivity index (χ0v) is 9.46. The van der Waals surface area contributed by atoms with Crippen molar-refractivity contribution in [2.24, 2.45) is 5.41 Å². The summed E-state index contributed by atoms with van der Waals surface area (Å²) in [4.78, 5) is 35.4. The molecule has 0 aromatic rings. The second-order valence-corrected chi connectivity index (χ2v) is 3.62. The Morgan fingerprint density at radius 3 is 2.41 bits per heavy atom. The molecular weight excluding hydrogens is 232 g/mol. The maximum atomic E-state index is 11.6. The normalized spacial score (nSPS) is 13.5. The molecule has 0 saturated heterocycles. The molecule has 1 unspecified atom stereocenters. The summed E-state index contributed by atoms with van der Waals surface area (Å²) in [5.41, 5.74) is -1.51. The van der Waals surface area contributed by atoms with Crippen molar-refractivity contribution in [1.29, 1.82) is 0 Å². The first-order valence-corrected chi connectivity index (χ1v) is 4.97. The monoisotopic (exact) mass is 246 g/mol. The van der Waals surface area contributed by atoms with E-state index < -0.39 is 27.9 Å². The van der Waals surface area contributed by atoms with E-state index in [0.29, 0.717) is 6.42 Å². The molecule has 0 radical (unpaired) electrons. The molecule has 0 bridgehead atoms. The molecule has 0 amide bonds. The number of allylic oxidation sites excluding steroid dienone is 1. The Kier molecular flexibility index (Phi) is 5.79. The number of rotatable bonds is 8. The van der Waals surface area contributed by atoms with Crippen molar-refractivity contribution in [3.05, 3.63) is 32.9 Å². The van der Waals surface area contributed by atoms with Crippen molar-refractivity contribution in [3.63, 3.8) is 0 Å². The maximum absolute atomic E-state index is 11.6. The van der Waals surface area contributed by atoms with Gasteiger partial charge in [0.2, 0.25) is 6.54 Å². The minimum atomic E-state index is -1.51. The standard InChI is InChI=1S/C9H14N2O6/c1-3-5-9(6-4-2,7-10(13)14)8(12)17-11(15)16/h3H,1,4-7H2,2H3. The summed E-state index contributed by atoms with van der Waals surface area (Å²) in [6.07, 6.45) is 1.88. The molecule has 0 aromatic heterocycles. The zero-order chi connectivity index (χ0) is 13.5. The number of carbonyl (C=O) groups is 1. The van der Waals surface area contributed by atoms with E-state index >= 15 is 0 Å². The van der Waals surface area contributed by atoms with Gasteiger partial charge in [0, 0.05) is 4.92 Å². The zero-order valence-electron chi connectivity index (χ0n) is 9.46. The van der Waals surface area contributed by atoms with E-state index in [1.54, 1.807) is 6.92 Å². The molecule has 0 spiro atoms. The summed E-state index contributed by atoms with van der Waals surface area (Å²) in [6.45, 7) is 4.41. The first-order valence-electron chi connectivity index (χ1n) is 4.97. The molecule has 0 aliphatic heterocycles. The van der Waals surface area contributed by atoms with Crippen LogP contribution in [0.4, 0.5) is 0 Å². The molecule has 8 nitrogen and oxygen atoms in total. The molecule has 0 rings (SSSR count).